The zero-order chi connectivity index (χ0) is 22.3. The topological polar surface area (TPSA) is 26.0 Å². The van der Waals surface area contributed by atoms with Gasteiger partial charge in [-0.05, 0) is 143 Å². The maximum Gasteiger partial charge on any atom is 0.00390 e. The van der Waals surface area contributed by atoms with Crippen LogP contribution in [0.3, 0.4) is 0 Å². The van der Waals surface area contributed by atoms with E-state index in [0.717, 1.165) is 29.6 Å². The molecule has 32 heavy (non-hydrogen) atoms. The van der Waals surface area contributed by atoms with Crippen LogP contribution in [0.5, 0.6) is 0 Å². The molecular formula is C31H51N. The Morgan fingerprint density at radius 3 is 1.75 bits per heavy atom. The second-order valence-electron chi connectivity index (χ2n) is 11.8. The van der Waals surface area contributed by atoms with Gasteiger partial charge in [-0.15, -0.1) is 0 Å². The fourth-order valence-corrected chi connectivity index (χ4v) is 7.70. The van der Waals surface area contributed by atoms with Gasteiger partial charge in [-0.2, -0.15) is 0 Å². The van der Waals surface area contributed by atoms with E-state index in [1.54, 1.807) is 16.7 Å². The predicted molar refractivity (Wildman–Crippen MR) is 139 cm³/mol. The average molecular weight is 438 g/mol. The summed E-state index contributed by atoms with van der Waals surface area (Å²) < 4.78 is 0. The summed E-state index contributed by atoms with van der Waals surface area (Å²) in [5.74, 6) is 4.91. The molecule has 3 aliphatic carbocycles. The van der Waals surface area contributed by atoms with E-state index >= 15 is 0 Å². The molecule has 0 atom stereocenters. The summed E-state index contributed by atoms with van der Waals surface area (Å²) in [6, 6.07) is 8.03. The first-order valence-electron chi connectivity index (χ1n) is 14.5. The van der Waals surface area contributed by atoms with E-state index in [-0.39, 0.29) is 0 Å². The van der Waals surface area contributed by atoms with Crippen LogP contribution < -0.4 is 5.73 Å². The van der Waals surface area contributed by atoms with Crippen LogP contribution in [0.15, 0.2) is 18.2 Å². The molecule has 4 rings (SSSR count). The predicted octanol–water partition coefficient (Wildman–Crippen LogP) is 8.58. The summed E-state index contributed by atoms with van der Waals surface area (Å²) in [6.07, 6.45) is 23.8. The second kappa shape index (κ2) is 12.0. The zero-order valence-electron chi connectivity index (χ0n) is 21.3. The van der Waals surface area contributed by atoms with E-state index in [1.807, 2.05) is 0 Å². The molecule has 0 unspecified atom stereocenters. The van der Waals surface area contributed by atoms with Gasteiger partial charge in [0.2, 0.25) is 0 Å². The van der Waals surface area contributed by atoms with Crippen LogP contribution in [-0.4, -0.2) is 6.04 Å². The van der Waals surface area contributed by atoms with Gasteiger partial charge in [-0.3, -0.25) is 0 Å². The molecular weight excluding hydrogens is 386 g/mol. The Hall–Kier alpha value is -0.820. The Bertz CT molecular complexity index is 670. The molecule has 0 radical (unpaired) electrons. The Kier molecular flexibility index (Phi) is 9.15. The minimum atomic E-state index is 0.503. The molecule has 180 valence electrons. The van der Waals surface area contributed by atoms with Crippen LogP contribution in [0, 0.1) is 23.7 Å². The number of nitrogens with two attached hydrogens (primary N) is 1. The van der Waals surface area contributed by atoms with Gasteiger partial charge in [0.05, 0.1) is 0 Å². The summed E-state index contributed by atoms with van der Waals surface area (Å²) in [4.78, 5) is 0. The first-order valence-corrected chi connectivity index (χ1v) is 14.5. The normalized spacial score (nSPS) is 33.8. The second-order valence-corrected chi connectivity index (χ2v) is 11.8. The Morgan fingerprint density at radius 2 is 1.22 bits per heavy atom. The van der Waals surface area contributed by atoms with Crippen molar-refractivity contribution >= 4 is 0 Å². The van der Waals surface area contributed by atoms with Gasteiger partial charge in [-0.1, -0.05) is 44.9 Å². The van der Waals surface area contributed by atoms with Crippen molar-refractivity contribution in [2.75, 3.05) is 0 Å². The summed E-state index contributed by atoms with van der Waals surface area (Å²) in [6.45, 7) is 4.66. The quantitative estimate of drug-likeness (QED) is 0.405. The van der Waals surface area contributed by atoms with Gasteiger partial charge in [0.1, 0.15) is 0 Å². The lowest BCUT2D eigenvalue weighted by molar-refractivity contribution is 0.117. The lowest BCUT2D eigenvalue weighted by atomic mass is 9.65. The fourth-order valence-electron chi connectivity index (χ4n) is 7.70. The Morgan fingerprint density at radius 1 is 0.688 bits per heavy atom. The summed E-state index contributed by atoms with van der Waals surface area (Å²) in [7, 11) is 0. The maximum atomic E-state index is 6.15. The monoisotopic (exact) mass is 437 g/mol. The molecule has 0 amide bonds. The first kappa shape index (κ1) is 24.3. The zero-order valence-corrected chi connectivity index (χ0v) is 21.3. The number of benzene rings is 1. The molecule has 3 saturated carbocycles. The third kappa shape index (κ3) is 6.19. The molecule has 1 aromatic rings. The molecule has 1 nitrogen and oxygen atoms in total. The molecule has 1 aromatic carbocycles. The van der Waals surface area contributed by atoms with Crippen molar-refractivity contribution in [2.45, 2.75) is 135 Å². The lowest BCUT2D eigenvalue weighted by Crippen LogP contribution is -2.32. The molecule has 0 spiro atoms. The number of unbranched alkanes of at least 4 members (excludes halogenated alkanes) is 2. The molecule has 3 fully saturated rings. The standard InChI is InChI=1S/C31H51N/c1-3-5-6-7-23-8-21-31(24(4-2)22-23)29-15-13-27(14-16-29)25-9-11-26(12-10-25)28-17-19-30(32)20-18-28/h8,21-22,25-30H,3-7,9-20,32H2,1-2H3. The van der Waals surface area contributed by atoms with E-state index < -0.39 is 0 Å². The SMILES string of the molecule is CCCCCc1ccc(C2CCC(C3CCC(C4CCC(N)CC4)CC3)CC2)c(CC)c1. The summed E-state index contributed by atoms with van der Waals surface area (Å²) >= 11 is 0. The van der Waals surface area contributed by atoms with Crippen molar-refractivity contribution in [3.8, 4) is 0 Å². The highest BCUT2D eigenvalue weighted by Gasteiger charge is 2.34. The summed E-state index contributed by atoms with van der Waals surface area (Å²) in [5, 5.41) is 0. The van der Waals surface area contributed by atoms with Gasteiger partial charge in [0.15, 0.2) is 0 Å². The van der Waals surface area contributed by atoms with Crippen LogP contribution >= 0.6 is 0 Å². The van der Waals surface area contributed by atoms with Gasteiger partial charge in [-0.25, -0.2) is 0 Å². The molecule has 2 N–H and O–H groups in total. The molecule has 1 heteroatoms. The highest BCUT2D eigenvalue weighted by atomic mass is 14.6. The van der Waals surface area contributed by atoms with Gasteiger partial charge >= 0.3 is 0 Å². The van der Waals surface area contributed by atoms with Crippen LogP contribution in [0.4, 0.5) is 0 Å². The highest BCUT2D eigenvalue weighted by molar-refractivity contribution is 5.35. The lowest BCUT2D eigenvalue weighted by Gasteiger charge is -2.41. The molecule has 3 aliphatic rings. The molecule has 0 aliphatic heterocycles. The van der Waals surface area contributed by atoms with Crippen molar-refractivity contribution in [3.05, 3.63) is 34.9 Å². The molecule has 0 heterocycles. The van der Waals surface area contributed by atoms with Gasteiger partial charge in [0.25, 0.3) is 0 Å². The van der Waals surface area contributed by atoms with Crippen LogP contribution in [0.2, 0.25) is 0 Å². The first-order chi connectivity index (χ1) is 15.7. The minimum Gasteiger partial charge on any atom is -0.328 e. The van der Waals surface area contributed by atoms with E-state index in [0.29, 0.717) is 6.04 Å². The Balaban J connectivity index is 1.25. The van der Waals surface area contributed by atoms with Crippen molar-refractivity contribution in [1.82, 2.24) is 0 Å². The van der Waals surface area contributed by atoms with Crippen LogP contribution in [-0.2, 0) is 12.8 Å². The van der Waals surface area contributed by atoms with Gasteiger partial charge < -0.3 is 5.73 Å². The third-order valence-electron chi connectivity index (χ3n) is 9.84. The smallest absolute Gasteiger partial charge is 0.00390 e. The maximum absolute atomic E-state index is 6.15. The number of aryl methyl sites for hydroxylation is 2. The fraction of sp³-hybridized carbons (Fsp3) is 0.806. The molecule has 0 aromatic heterocycles. The van der Waals surface area contributed by atoms with E-state index in [2.05, 4.69) is 32.0 Å². The van der Waals surface area contributed by atoms with E-state index in [9.17, 15) is 0 Å². The van der Waals surface area contributed by atoms with Crippen molar-refractivity contribution in [1.29, 1.82) is 0 Å². The molecule has 0 saturated heterocycles. The average Bonchev–Trinajstić information content (AvgIpc) is 2.85. The van der Waals surface area contributed by atoms with Gasteiger partial charge in [0, 0.05) is 6.04 Å². The number of hydrogen-bond acceptors (Lipinski definition) is 1. The van der Waals surface area contributed by atoms with E-state index in [1.165, 1.54) is 109 Å². The van der Waals surface area contributed by atoms with Crippen LogP contribution in [0.25, 0.3) is 0 Å². The van der Waals surface area contributed by atoms with Crippen LogP contribution in [0.1, 0.15) is 133 Å². The number of hydrogen-bond donors (Lipinski definition) is 1. The molecule has 0 bridgehead atoms. The summed E-state index contributed by atoms with van der Waals surface area (Å²) in [5.41, 5.74) is 11.1. The number of rotatable bonds is 8. The minimum absolute atomic E-state index is 0.503. The van der Waals surface area contributed by atoms with Crippen molar-refractivity contribution in [3.63, 3.8) is 0 Å². The largest absolute Gasteiger partial charge is 0.328 e. The highest BCUT2D eigenvalue weighted by Crippen LogP contribution is 2.47. The van der Waals surface area contributed by atoms with Crippen molar-refractivity contribution < 1.29 is 0 Å². The Labute approximate surface area is 199 Å². The van der Waals surface area contributed by atoms with Crippen molar-refractivity contribution in [2.24, 2.45) is 29.4 Å². The van der Waals surface area contributed by atoms with E-state index in [4.69, 9.17) is 5.73 Å². The third-order valence-corrected chi connectivity index (χ3v) is 9.84.